The van der Waals surface area contributed by atoms with Crippen LogP contribution in [0.3, 0.4) is 0 Å². The highest BCUT2D eigenvalue weighted by atomic mass is 16.5. The van der Waals surface area contributed by atoms with Gasteiger partial charge in [0.2, 0.25) is 0 Å². The van der Waals surface area contributed by atoms with Crippen LogP contribution in [0.2, 0.25) is 0 Å². The van der Waals surface area contributed by atoms with Crippen molar-refractivity contribution in [1.82, 2.24) is 9.47 Å². The summed E-state index contributed by atoms with van der Waals surface area (Å²) in [5.74, 6) is 1.10. The summed E-state index contributed by atoms with van der Waals surface area (Å²) in [6.45, 7) is 4.92. The van der Waals surface area contributed by atoms with E-state index in [2.05, 4.69) is 54.8 Å². The first-order chi connectivity index (χ1) is 13.5. The van der Waals surface area contributed by atoms with Crippen LogP contribution in [-0.4, -0.2) is 47.8 Å². The SMILES string of the molecule is CC(=O)OC[C@@H]1[C@@H]2C[C@H]3c4c(c5ccccc5n4C)C[C@@H]([C@@H]2CO[C@H]1C)N3C. The van der Waals surface area contributed by atoms with Crippen molar-refractivity contribution < 1.29 is 14.3 Å². The number of carbonyl (C=O) groups is 1. The molecule has 1 aromatic heterocycles. The fourth-order valence-electron chi connectivity index (χ4n) is 6.29. The molecule has 0 amide bonds. The van der Waals surface area contributed by atoms with Gasteiger partial charge in [-0.05, 0) is 44.4 Å². The number of benzene rings is 1. The third kappa shape index (κ3) is 2.56. The van der Waals surface area contributed by atoms with Crippen LogP contribution in [0.15, 0.2) is 24.3 Å². The van der Waals surface area contributed by atoms with E-state index in [1.807, 2.05) is 0 Å². The molecule has 2 fully saturated rings. The second kappa shape index (κ2) is 6.60. The minimum atomic E-state index is -0.196. The van der Waals surface area contributed by atoms with Crippen LogP contribution < -0.4 is 0 Å². The van der Waals surface area contributed by atoms with E-state index in [9.17, 15) is 4.79 Å². The molecule has 0 aliphatic carbocycles. The summed E-state index contributed by atoms with van der Waals surface area (Å²) in [6, 6.07) is 9.69. The number of carbonyl (C=O) groups excluding carboxylic acids is 1. The molecular weight excluding hydrogens is 352 g/mol. The van der Waals surface area contributed by atoms with E-state index in [1.165, 1.54) is 29.1 Å². The summed E-state index contributed by atoms with van der Waals surface area (Å²) < 4.78 is 14.1. The third-order valence-electron chi connectivity index (χ3n) is 7.73. The van der Waals surface area contributed by atoms with Gasteiger partial charge in [-0.3, -0.25) is 9.69 Å². The number of piperidine rings is 1. The molecule has 0 spiro atoms. The molecule has 6 atom stereocenters. The Hall–Kier alpha value is -1.85. The second-order valence-corrected chi connectivity index (χ2v) is 8.96. The Morgan fingerprint density at radius 2 is 2.04 bits per heavy atom. The van der Waals surface area contributed by atoms with Gasteiger partial charge in [-0.2, -0.15) is 0 Å². The number of para-hydroxylation sites is 1. The minimum Gasteiger partial charge on any atom is -0.465 e. The molecule has 4 heterocycles. The smallest absolute Gasteiger partial charge is 0.302 e. The van der Waals surface area contributed by atoms with E-state index < -0.39 is 0 Å². The Morgan fingerprint density at radius 3 is 2.82 bits per heavy atom. The molecule has 5 heteroatoms. The number of rotatable bonds is 2. The molecule has 2 saturated heterocycles. The lowest BCUT2D eigenvalue weighted by Gasteiger charge is -2.56. The predicted molar refractivity (Wildman–Crippen MR) is 108 cm³/mol. The average Bonchev–Trinajstić information content (AvgIpc) is 2.94. The number of aryl methyl sites for hydroxylation is 1. The van der Waals surface area contributed by atoms with Gasteiger partial charge in [-0.1, -0.05) is 18.2 Å². The summed E-state index contributed by atoms with van der Waals surface area (Å²) in [5, 5.41) is 1.41. The van der Waals surface area contributed by atoms with Crippen LogP contribution in [0.1, 0.15) is 37.6 Å². The number of likely N-dealkylation sites (N-methyl/N-ethyl adjacent to an activating group) is 1. The molecule has 0 unspecified atom stereocenters. The molecule has 0 radical (unpaired) electrons. The Morgan fingerprint density at radius 1 is 1.25 bits per heavy atom. The van der Waals surface area contributed by atoms with E-state index in [4.69, 9.17) is 9.47 Å². The van der Waals surface area contributed by atoms with E-state index in [1.54, 1.807) is 0 Å². The molecule has 2 bridgehead atoms. The number of fused-ring (bicyclic) bond motifs is 8. The first-order valence-electron chi connectivity index (χ1n) is 10.5. The van der Waals surface area contributed by atoms with Crippen molar-refractivity contribution in [1.29, 1.82) is 0 Å². The van der Waals surface area contributed by atoms with Gasteiger partial charge in [-0.15, -0.1) is 0 Å². The van der Waals surface area contributed by atoms with Crippen molar-refractivity contribution in [2.24, 2.45) is 24.8 Å². The molecule has 5 nitrogen and oxygen atoms in total. The lowest BCUT2D eigenvalue weighted by Crippen LogP contribution is -2.59. The van der Waals surface area contributed by atoms with Crippen LogP contribution in [0.4, 0.5) is 0 Å². The van der Waals surface area contributed by atoms with E-state index in [-0.39, 0.29) is 18.0 Å². The summed E-state index contributed by atoms with van der Waals surface area (Å²) in [7, 11) is 4.50. The molecule has 0 N–H and O–H groups in total. The Bertz CT molecular complexity index is 920. The lowest BCUT2D eigenvalue weighted by atomic mass is 9.64. The van der Waals surface area contributed by atoms with Gasteiger partial charge in [0.15, 0.2) is 0 Å². The number of nitrogens with zero attached hydrogens (tertiary/aromatic N) is 2. The van der Waals surface area contributed by atoms with Crippen molar-refractivity contribution in [3.63, 3.8) is 0 Å². The first-order valence-corrected chi connectivity index (χ1v) is 10.5. The van der Waals surface area contributed by atoms with Gasteiger partial charge in [0.1, 0.15) is 0 Å². The quantitative estimate of drug-likeness (QED) is 0.748. The van der Waals surface area contributed by atoms with Crippen LogP contribution in [0.25, 0.3) is 10.9 Å². The van der Waals surface area contributed by atoms with Crippen molar-refractivity contribution in [3.8, 4) is 0 Å². The summed E-state index contributed by atoms with van der Waals surface area (Å²) >= 11 is 0. The molecule has 2 aromatic rings. The Kier molecular flexibility index (Phi) is 4.29. The minimum absolute atomic E-state index is 0.136. The molecular formula is C23H30N2O3. The zero-order valence-electron chi connectivity index (χ0n) is 17.2. The zero-order valence-corrected chi connectivity index (χ0v) is 17.2. The molecule has 150 valence electrons. The number of esters is 1. The van der Waals surface area contributed by atoms with Crippen molar-refractivity contribution in [3.05, 3.63) is 35.5 Å². The largest absolute Gasteiger partial charge is 0.465 e. The van der Waals surface area contributed by atoms with Gasteiger partial charge in [0.05, 0.1) is 25.4 Å². The van der Waals surface area contributed by atoms with Crippen molar-refractivity contribution in [2.45, 2.75) is 44.9 Å². The number of aromatic nitrogens is 1. The van der Waals surface area contributed by atoms with Crippen LogP contribution in [0, 0.1) is 17.8 Å². The fraction of sp³-hybridized carbons (Fsp3) is 0.609. The highest BCUT2D eigenvalue weighted by Gasteiger charge is 2.52. The summed E-state index contributed by atoms with van der Waals surface area (Å²) in [5.41, 5.74) is 4.33. The fourth-order valence-corrected chi connectivity index (χ4v) is 6.29. The number of hydrogen-bond donors (Lipinski definition) is 0. The topological polar surface area (TPSA) is 43.7 Å². The van der Waals surface area contributed by atoms with E-state index >= 15 is 0 Å². The predicted octanol–water partition coefficient (Wildman–Crippen LogP) is 3.31. The second-order valence-electron chi connectivity index (χ2n) is 8.96. The highest BCUT2D eigenvalue weighted by Crippen LogP contribution is 2.52. The van der Waals surface area contributed by atoms with Crippen molar-refractivity contribution in [2.75, 3.05) is 20.3 Å². The van der Waals surface area contributed by atoms with Crippen LogP contribution >= 0.6 is 0 Å². The summed E-state index contributed by atoms with van der Waals surface area (Å²) in [6.07, 6.45) is 2.31. The molecule has 0 saturated carbocycles. The standard InChI is InChI=1S/C23H30N2O3/c1-13-18(11-28-14(2)26)16-9-22-23-17(10-21(24(22)3)19(16)12-27-13)15-7-5-6-8-20(15)25(23)4/h5-8,13,16,18-19,21-22H,9-12H2,1-4H3/t13-,16-,18-,19+,21-,22-/m0/s1. The zero-order chi connectivity index (χ0) is 19.6. The van der Waals surface area contributed by atoms with Gasteiger partial charge < -0.3 is 14.0 Å². The van der Waals surface area contributed by atoms with Gasteiger partial charge >= 0.3 is 5.97 Å². The highest BCUT2D eigenvalue weighted by molar-refractivity contribution is 5.86. The lowest BCUT2D eigenvalue weighted by molar-refractivity contribution is -0.165. The third-order valence-corrected chi connectivity index (χ3v) is 7.73. The number of hydrogen-bond acceptors (Lipinski definition) is 4. The maximum Gasteiger partial charge on any atom is 0.302 e. The van der Waals surface area contributed by atoms with Gasteiger partial charge in [-0.25, -0.2) is 0 Å². The molecule has 5 rings (SSSR count). The monoisotopic (exact) mass is 382 g/mol. The van der Waals surface area contributed by atoms with E-state index in [0.717, 1.165) is 19.4 Å². The number of ether oxygens (including phenoxy) is 2. The molecule has 28 heavy (non-hydrogen) atoms. The Labute approximate surface area is 166 Å². The average molecular weight is 383 g/mol. The molecule has 3 aliphatic heterocycles. The van der Waals surface area contributed by atoms with Crippen LogP contribution in [-0.2, 0) is 27.7 Å². The van der Waals surface area contributed by atoms with E-state index in [0.29, 0.717) is 30.5 Å². The Balaban J connectivity index is 1.56. The van der Waals surface area contributed by atoms with Gasteiger partial charge in [0, 0.05) is 48.4 Å². The maximum atomic E-state index is 11.4. The first kappa shape index (κ1) is 18.2. The van der Waals surface area contributed by atoms with Gasteiger partial charge in [0.25, 0.3) is 0 Å². The maximum absolute atomic E-state index is 11.4. The molecule has 1 aromatic carbocycles. The van der Waals surface area contributed by atoms with Crippen molar-refractivity contribution >= 4 is 16.9 Å². The van der Waals surface area contributed by atoms with Crippen LogP contribution in [0.5, 0.6) is 0 Å². The summed E-state index contributed by atoms with van der Waals surface area (Å²) in [4.78, 5) is 14.0. The normalized spacial score (nSPS) is 34.7. The molecule has 3 aliphatic rings.